The highest BCUT2D eigenvalue weighted by molar-refractivity contribution is 6.08. The van der Waals surface area contributed by atoms with Crippen molar-refractivity contribution in [3.63, 3.8) is 0 Å². The molecule has 4 aliphatic rings. The molecule has 0 bridgehead atoms. The second-order valence-electron chi connectivity index (χ2n) is 12.0. The number of ketones is 1. The van der Waals surface area contributed by atoms with E-state index < -0.39 is 0 Å². The Morgan fingerprint density at radius 2 is 1.90 bits per heavy atom. The van der Waals surface area contributed by atoms with E-state index in [9.17, 15) is 9.90 Å². The molecule has 0 aliphatic heterocycles. The van der Waals surface area contributed by atoms with Gasteiger partial charge in [-0.2, -0.15) is 0 Å². The van der Waals surface area contributed by atoms with Crippen LogP contribution in [0.25, 0.3) is 0 Å². The van der Waals surface area contributed by atoms with E-state index in [2.05, 4.69) is 53.7 Å². The third-order valence-corrected chi connectivity index (χ3v) is 10.4. The second kappa shape index (κ2) is 8.23. The van der Waals surface area contributed by atoms with Gasteiger partial charge in [-0.05, 0) is 105 Å². The number of hydrogen-bond acceptors (Lipinski definition) is 2. The second-order valence-corrected chi connectivity index (χ2v) is 12.0. The SMILES string of the molecule is CC=C(CCC(C)C1CCC2C3CC=C4C(=O)C(O)=CCC4(C)C3CCC12C)C(C)C. The highest BCUT2D eigenvalue weighted by Crippen LogP contribution is 2.66. The quantitative estimate of drug-likeness (QED) is 0.457. The molecule has 172 valence electrons. The van der Waals surface area contributed by atoms with Crippen molar-refractivity contribution in [1.82, 2.24) is 0 Å². The van der Waals surface area contributed by atoms with Crippen molar-refractivity contribution in [3.8, 4) is 0 Å². The van der Waals surface area contributed by atoms with Crippen molar-refractivity contribution in [3.05, 3.63) is 35.1 Å². The summed E-state index contributed by atoms with van der Waals surface area (Å²) < 4.78 is 0. The van der Waals surface area contributed by atoms with E-state index in [1.54, 1.807) is 11.6 Å². The van der Waals surface area contributed by atoms with Gasteiger partial charge in [-0.3, -0.25) is 4.79 Å². The molecule has 2 heteroatoms. The van der Waals surface area contributed by atoms with E-state index in [1.165, 1.54) is 38.5 Å². The molecule has 2 nitrogen and oxygen atoms in total. The fourth-order valence-corrected chi connectivity index (χ4v) is 8.58. The molecule has 0 saturated heterocycles. The predicted octanol–water partition coefficient (Wildman–Crippen LogP) is 7.81. The lowest BCUT2D eigenvalue weighted by Gasteiger charge is -2.57. The lowest BCUT2D eigenvalue weighted by atomic mass is 9.47. The normalized spacial score (nSPS) is 41.3. The average Bonchev–Trinajstić information content (AvgIpc) is 3.08. The summed E-state index contributed by atoms with van der Waals surface area (Å²) in [6.07, 6.45) is 16.1. The van der Waals surface area contributed by atoms with Crippen molar-refractivity contribution >= 4 is 5.78 Å². The molecule has 31 heavy (non-hydrogen) atoms. The summed E-state index contributed by atoms with van der Waals surface area (Å²) in [5.41, 5.74) is 2.90. The molecule has 0 spiro atoms. The van der Waals surface area contributed by atoms with Crippen molar-refractivity contribution in [2.75, 3.05) is 0 Å². The maximum atomic E-state index is 12.7. The molecule has 4 rings (SSSR count). The van der Waals surface area contributed by atoms with Gasteiger partial charge in [0, 0.05) is 11.0 Å². The minimum atomic E-state index is -0.108. The standard InChI is InChI=1S/C29H44O2/c1-7-20(18(2)3)9-8-19(4)22-12-13-23-21-10-11-25-27(31)26(30)15-17-29(25,6)24(21)14-16-28(22,23)5/h7,11,15,18-19,21-24,30H,8-10,12-14,16-17H2,1-6H3. The maximum Gasteiger partial charge on any atom is 0.223 e. The van der Waals surface area contributed by atoms with E-state index in [0.717, 1.165) is 36.2 Å². The lowest BCUT2D eigenvalue weighted by molar-refractivity contribution is -0.118. The molecule has 2 fully saturated rings. The Morgan fingerprint density at radius 1 is 1.16 bits per heavy atom. The first-order valence-electron chi connectivity index (χ1n) is 12.9. The molecule has 7 unspecified atom stereocenters. The topological polar surface area (TPSA) is 37.3 Å². The van der Waals surface area contributed by atoms with Crippen molar-refractivity contribution < 1.29 is 9.90 Å². The summed E-state index contributed by atoms with van der Waals surface area (Å²) in [5, 5.41) is 10.0. The lowest BCUT2D eigenvalue weighted by Crippen LogP contribution is -2.51. The van der Waals surface area contributed by atoms with Crippen LogP contribution >= 0.6 is 0 Å². The molecule has 4 aliphatic carbocycles. The van der Waals surface area contributed by atoms with E-state index in [0.29, 0.717) is 23.2 Å². The summed E-state index contributed by atoms with van der Waals surface area (Å²) in [4.78, 5) is 12.7. The number of hydrogen-bond donors (Lipinski definition) is 1. The van der Waals surface area contributed by atoms with Crippen LogP contribution in [0.1, 0.15) is 92.9 Å². The smallest absolute Gasteiger partial charge is 0.223 e. The van der Waals surface area contributed by atoms with Gasteiger partial charge in [-0.1, -0.05) is 52.3 Å². The number of aliphatic hydroxyl groups excluding tert-OH is 1. The minimum Gasteiger partial charge on any atom is -0.504 e. The van der Waals surface area contributed by atoms with Gasteiger partial charge >= 0.3 is 0 Å². The molecular formula is C29H44O2. The van der Waals surface area contributed by atoms with Crippen LogP contribution in [0.3, 0.4) is 0 Å². The van der Waals surface area contributed by atoms with Crippen LogP contribution in [-0.4, -0.2) is 10.9 Å². The molecular weight excluding hydrogens is 380 g/mol. The summed E-state index contributed by atoms with van der Waals surface area (Å²) in [6, 6.07) is 0. The molecule has 2 saturated carbocycles. The summed E-state index contributed by atoms with van der Waals surface area (Å²) >= 11 is 0. The fraction of sp³-hybridized carbons (Fsp3) is 0.759. The monoisotopic (exact) mass is 424 g/mol. The number of carbonyl (C=O) groups excluding carboxylic acids is 1. The summed E-state index contributed by atoms with van der Waals surface area (Å²) in [5.74, 6) is 4.21. The predicted molar refractivity (Wildman–Crippen MR) is 129 cm³/mol. The maximum absolute atomic E-state index is 12.7. The molecule has 0 aromatic heterocycles. The van der Waals surface area contributed by atoms with Gasteiger partial charge in [-0.25, -0.2) is 0 Å². The first-order valence-corrected chi connectivity index (χ1v) is 12.9. The van der Waals surface area contributed by atoms with E-state index in [-0.39, 0.29) is 17.0 Å². The Hall–Kier alpha value is -1.31. The van der Waals surface area contributed by atoms with Crippen molar-refractivity contribution in [2.45, 2.75) is 92.9 Å². The molecule has 0 radical (unpaired) electrons. The number of fused-ring (bicyclic) bond motifs is 5. The Labute approximate surface area is 190 Å². The van der Waals surface area contributed by atoms with Crippen LogP contribution in [0.2, 0.25) is 0 Å². The van der Waals surface area contributed by atoms with Gasteiger partial charge in [-0.15, -0.1) is 0 Å². The van der Waals surface area contributed by atoms with Crippen LogP contribution < -0.4 is 0 Å². The summed E-state index contributed by atoms with van der Waals surface area (Å²) in [7, 11) is 0. The van der Waals surface area contributed by atoms with Gasteiger partial charge in [0.05, 0.1) is 0 Å². The largest absolute Gasteiger partial charge is 0.504 e. The van der Waals surface area contributed by atoms with Gasteiger partial charge in [0.25, 0.3) is 0 Å². The van der Waals surface area contributed by atoms with Crippen LogP contribution in [0.4, 0.5) is 0 Å². The van der Waals surface area contributed by atoms with Crippen molar-refractivity contribution in [1.29, 1.82) is 0 Å². The van der Waals surface area contributed by atoms with Gasteiger partial charge < -0.3 is 5.11 Å². The number of Topliss-reactive ketones (excluding diaryl/α,β-unsaturated/α-hetero) is 1. The van der Waals surface area contributed by atoms with Crippen LogP contribution in [0, 0.1) is 46.3 Å². The third-order valence-electron chi connectivity index (χ3n) is 10.4. The third kappa shape index (κ3) is 3.57. The zero-order valence-corrected chi connectivity index (χ0v) is 20.7. The highest BCUT2D eigenvalue weighted by Gasteiger charge is 2.59. The summed E-state index contributed by atoms with van der Waals surface area (Å²) in [6.45, 7) is 14.3. The van der Waals surface area contributed by atoms with E-state index >= 15 is 0 Å². The molecule has 0 heterocycles. The minimum absolute atomic E-state index is 0.0283. The van der Waals surface area contributed by atoms with E-state index in [1.807, 2.05) is 0 Å². The van der Waals surface area contributed by atoms with Crippen molar-refractivity contribution in [2.24, 2.45) is 46.3 Å². The molecule has 1 N–H and O–H groups in total. The molecule has 0 aromatic carbocycles. The molecule has 0 aromatic rings. The van der Waals surface area contributed by atoms with Gasteiger partial charge in [0.15, 0.2) is 5.76 Å². The Kier molecular flexibility index (Phi) is 6.07. The Morgan fingerprint density at radius 3 is 2.58 bits per heavy atom. The van der Waals surface area contributed by atoms with Gasteiger partial charge in [0.1, 0.15) is 0 Å². The Bertz CT molecular complexity index is 815. The number of allylic oxidation sites excluding steroid dienone is 5. The number of rotatable bonds is 5. The zero-order chi connectivity index (χ0) is 22.6. The first kappa shape index (κ1) is 22.9. The molecule has 0 amide bonds. The number of aliphatic hydroxyl groups is 1. The number of carbonyl (C=O) groups is 1. The van der Waals surface area contributed by atoms with E-state index in [4.69, 9.17) is 0 Å². The van der Waals surface area contributed by atoms with Crippen LogP contribution in [0.15, 0.2) is 35.1 Å². The van der Waals surface area contributed by atoms with Crippen LogP contribution in [0.5, 0.6) is 0 Å². The fourth-order valence-electron chi connectivity index (χ4n) is 8.58. The zero-order valence-electron chi connectivity index (χ0n) is 20.7. The Balaban J connectivity index is 1.52. The highest BCUT2D eigenvalue weighted by atomic mass is 16.3. The molecule has 7 atom stereocenters. The van der Waals surface area contributed by atoms with Crippen LogP contribution in [-0.2, 0) is 4.79 Å². The average molecular weight is 425 g/mol. The van der Waals surface area contributed by atoms with Gasteiger partial charge in [0.2, 0.25) is 5.78 Å². The first-order chi connectivity index (χ1) is 14.6.